The zero-order chi connectivity index (χ0) is 20.3. The number of pyridine rings is 1. The van der Waals surface area contributed by atoms with Gasteiger partial charge in [0.2, 0.25) is 0 Å². The minimum atomic E-state index is -2.20. The van der Waals surface area contributed by atoms with E-state index in [1.807, 2.05) is 18.2 Å². The number of carbonyl (C=O) groups excluding carboxylic acids is 1. The molecule has 1 amide bonds. The second kappa shape index (κ2) is 8.87. The molecule has 1 aliphatic carbocycles. The van der Waals surface area contributed by atoms with Crippen LogP contribution in [0.15, 0.2) is 30.5 Å². The van der Waals surface area contributed by atoms with Crippen LogP contribution in [0.2, 0.25) is 5.15 Å². The maximum Gasteiger partial charge on any atom is 0.278 e. The van der Waals surface area contributed by atoms with E-state index in [4.69, 9.17) is 16.4 Å². The fourth-order valence-electron chi connectivity index (χ4n) is 2.72. The lowest BCUT2D eigenvalue weighted by atomic mass is 10.1. The maximum absolute atomic E-state index is 12.3. The first-order valence-electron chi connectivity index (χ1n) is 8.74. The third-order valence-electron chi connectivity index (χ3n) is 4.34. The number of benzene rings is 1. The molecule has 0 spiro atoms. The van der Waals surface area contributed by atoms with Gasteiger partial charge < -0.3 is 5.32 Å². The van der Waals surface area contributed by atoms with Gasteiger partial charge in [0.1, 0.15) is 5.15 Å². The average Bonchev–Trinajstić information content (AvgIpc) is 3.51. The number of rotatable bonds is 8. The summed E-state index contributed by atoms with van der Waals surface area (Å²) in [4.78, 5) is 21.3. The van der Waals surface area contributed by atoms with Crippen molar-refractivity contribution in [1.82, 2.24) is 10.5 Å². The quantitative estimate of drug-likeness (QED) is 0.340. The van der Waals surface area contributed by atoms with Gasteiger partial charge in [0.15, 0.2) is 0 Å². The van der Waals surface area contributed by atoms with Crippen LogP contribution in [0, 0.1) is 0 Å². The van der Waals surface area contributed by atoms with Gasteiger partial charge in [0.05, 0.1) is 29.2 Å². The lowest BCUT2D eigenvalue weighted by molar-refractivity contribution is 0.0365. The van der Waals surface area contributed by atoms with E-state index in [0.29, 0.717) is 29.6 Å². The molecule has 1 aromatic carbocycles. The fourth-order valence-corrected chi connectivity index (χ4v) is 3.20. The third-order valence-corrected chi connectivity index (χ3v) is 5.21. The van der Waals surface area contributed by atoms with Crippen LogP contribution >= 0.6 is 11.6 Å². The highest BCUT2D eigenvalue weighted by molar-refractivity contribution is 7.80. The summed E-state index contributed by atoms with van der Waals surface area (Å²) in [5.74, 6) is -0.0000132. The predicted octanol–water partition coefficient (Wildman–Crippen LogP) is 3.61. The van der Waals surface area contributed by atoms with Crippen LogP contribution in [0.25, 0.3) is 0 Å². The highest BCUT2D eigenvalue weighted by atomic mass is 35.5. The molecule has 1 aromatic heterocycles. The molecular formula is C18H21ClN4O4S. The molecule has 1 heterocycles. The molecule has 1 fully saturated rings. The normalized spacial score (nSPS) is 14.4. The van der Waals surface area contributed by atoms with E-state index >= 15 is 0 Å². The Morgan fingerprint density at radius 3 is 2.79 bits per heavy atom. The molecule has 3 N–H and O–H groups in total. The number of anilines is 3. The Morgan fingerprint density at radius 1 is 1.39 bits per heavy atom. The number of aromatic nitrogens is 1. The first kappa shape index (κ1) is 20.5. The molecule has 1 unspecified atom stereocenters. The molecule has 1 saturated carbocycles. The summed E-state index contributed by atoms with van der Waals surface area (Å²) in [6.07, 6.45) is 3.56. The number of amides is 1. The van der Waals surface area contributed by atoms with Crippen LogP contribution in [0.5, 0.6) is 0 Å². The van der Waals surface area contributed by atoms with Crippen molar-refractivity contribution in [2.75, 3.05) is 23.3 Å². The van der Waals surface area contributed by atoms with Gasteiger partial charge in [-0.2, -0.15) is 0 Å². The van der Waals surface area contributed by atoms with E-state index in [1.54, 1.807) is 6.92 Å². The van der Waals surface area contributed by atoms with Crippen molar-refractivity contribution in [2.45, 2.75) is 25.7 Å². The summed E-state index contributed by atoms with van der Waals surface area (Å²) in [5, 5.41) is 3.33. The molecule has 10 heteroatoms. The number of hydrogen-bond donors (Lipinski definition) is 3. The van der Waals surface area contributed by atoms with E-state index in [2.05, 4.69) is 15.8 Å². The van der Waals surface area contributed by atoms with E-state index in [-0.39, 0.29) is 10.7 Å². The Labute approximate surface area is 170 Å². The Morgan fingerprint density at radius 2 is 2.14 bits per heavy atom. The van der Waals surface area contributed by atoms with Gasteiger partial charge in [-0.3, -0.25) is 18.5 Å². The molecule has 0 saturated heterocycles. The molecule has 3 rings (SSSR count). The van der Waals surface area contributed by atoms with Crippen molar-refractivity contribution in [3.8, 4) is 0 Å². The number of nitrogens with zero attached hydrogens (tertiary/aromatic N) is 2. The number of halogens is 1. The van der Waals surface area contributed by atoms with Crippen LogP contribution in [0.1, 0.15) is 41.6 Å². The van der Waals surface area contributed by atoms with Gasteiger partial charge in [0.25, 0.3) is 17.2 Å². The van der Waals surface area contributed by atoms with E-state index in [9.17, 15) is 13.6 Å². The Kier molecular flexibility index (Phi) is 6.50. The molecular weight excluding hydrogens is 404 g/mol. The molecule has 28 heavy (non-hydrogen) atoms. The Hall–Kier alpha value is -2.20. The Balaban J connectivity index is 1.97. The van der Waals surface area contributed by atoms with Crippen LogP contribution in [0.4, 0.5) is 17.1 Å². The van der Waals surface area contributed by atoms with Crippen molar-refractivity contribution in [3.63, 3.8) is 0 Å². The standard InChI is InChI=1S/C18H21ClN4O4S/c1-3-27-22-18(24)13-10-20-17(19)9-15(13)21-14-7-6-12(11-4-5-11)8-16(14)23(2)28(25)26/h6-11H,3-5H2,1-2H3,(H,20,21)(H,22,24)(H,25,26). The van der Waals surface area contributed by atoms with Crippen molar-refractivity contribution in [2.24, 2.45) is 0 Å². The summed E-state index contributed by atoms with van der Waals surface area (Å²) in [5.41, 5.74) is 5.15. The number of nitrogens with one attached hydrogen (secondary N) is 2. The number of hydroxylamine groups is 1. The van der Waals surface area contributed by atoms with Gasteiger partial charge in [-0.1, -0.05) is 17.7 Å². The van der Waals surface area contributed by atoms with Gasteiger partial charge in [0, 0.05) is 13.2 Å². The molecule has 1 atom stereocenters. The van der Waals surface area contributed by atoms with Crippen LogP contribution in [0.3, 0.4) is 0 Å². The van der Waals surface area contributed by atoms with Crippen molar-refractivity contribution in [3.05, 3.63) is 46.7 Å². The van der Waals surface area contributed by atoms with E-state index in [0.717, 1.165) is 18.4 Å². The second-order valence-electron chi connectivity index (χ2n) is 6.32. The minimum absolute atomic E-state index is 0.200. The van der Waals surface area contributed by atoms with E-state index < -0.39 is 17.2 Å². The Bertz CT molecular complexity index is 907. The topological polar surface area (TPSA) is 104 Å². The lowest BCUT2D eigenvalue weighted by Crippen LogP contribution is -2.25. The molecule has 150 valence electrons. The number of carbonyl (C=O) groups is 1. The van der Waals surface area contributed by atoms with Crippen molar-refractivity contribution < 1.29 is 18.4 Å². The molecule has 0 aliphatic heterocycles. The van der Waals surface area contributed by atoms with Gasteiger partial charge in [-0.15, -0.1) is 0 Å². The van der Waals surface area contributed by atoms with E-state index in [1.165, 1.54) is 23.6 Å². The summed E-state index contributed by atoms with van der Waals surface area (Å²) >= 11 is 3.81. The maximum atomic E-state index is 12.3. The average molecular weight is 425 g/mol. The van der Waals surface area contributed by atoms with Crippen molar-refractivity contribution in [1.29, 1.82) is 0 Å². The predicted molar refractivity (Wildman–Crippen MR) is 109 cm³/mol. The van der Waals surface area contributed by atoms with Crippen LogP contribution in [-0.2, 0) is 16.1 Å². The second-order valence-corrected chi connectivity index (χ2v) is 7.72. The zero-order valence-corrected chi connectivity index (χ0v) is 17.0. The monoisotopic (exact) mass is 424 g/mol. The summed E-state index contributed by atoms with van der Waals surface area (Å²) in [6, 6.07) is 7.19. The summed E-state index contributed by atoms with van der Waals surface area (Å²) < 4.78 is 22.4. The highest BCUT2D eigenvalue weighted by Crippen LogP contribution is 2.43. The van der Waals surface area contributed by atoms with Gasteiger partial charge in [-0.25, -0.2) is 14.7 Å². The van der Waals surface area contributed by atoms with Gasteiger partial charge in [-0.05, 0) is 49.4 Å². The smallest absolute Gasteiger partial charge is 0.278 e. The highest BCUT2D eigenvalue weighted by Gasteiger charge is 2.25. The first-order chi connectivity index (χ1) is 13.4. The minimum Gasteiger partial charge on any atom is -0.353 e. The van der Waals surface area contributed by atoms with Crippen LogP contribution in [-0.4, -0.2) is 33.3 Å². The zero-order valence-electron chi connectivity index (χ0n) is 15.4. The summed E-state index contributed by atoms with van der Waals surface area (Å²) in [7, 11) is 1.52. The molecule has 0 bridgehead atoms. The molecule has 8 nitrogen and oxygen atoms in total. The summed E-state index contributed by atoms with van der Waals surface area (Å²) in [6.45, 7) is 2.06. The molecule has 0 radical (unpaired) electrons. The van der Waals surface area contributed by atoms with Gasteiger partial charge >= 0.3 is 0 Å². The SMILES string of the molecule is CCONC(=O)c1cnc(Cl)cc1Nc1ccc(C2CC2)cc1N(C)S(=O)O. The molecule has 2 aromatic rings. The third kappa shape index (κ3) is 4.79. The molecule has 1 aliphatic rings. The number of hydrogen-bond acceptors (Lipinski definition) is 5. The lowest BCUT2D eigenvalue weighted by Gasteiger charge is -2.21. The fraction of sp³-hybridized carbons (Fsp3) is 0.333. The first-order valence-corrected chi connectivity index (χ1v) is 10.2. The van der Waals surface area contributed by atoms with Crippen molar-refractivity contribution >= 4 is 45.8 Å². The largest absolute Gasteiger partial charge is 0.353 e. The van der Waals surface area contributed by atoms with Crippen LogP contribution < -0.4 is 15.1 Å².